The zero-order valence-electron chi connectivity index (χ0n) is 24.5. The number of fused-ring (bicyclic) bond motifs is 5. The van der Waals surface area contributed by atoms with E-state index in [1.54, 1.807) is 6.08 Å². The molecule has 1 aliphatic carbocycles. The van der Waals surface area contributed by atoms with Crippen LogP contribution in [0.1, 0.15) is 53.4 Å². The minimum Gasteiger partial charge on any atom is -0.515 e. The van der Waals surface area contributed by atoms with Crippen molar-refractivity contribution in [2.45, 2.75) is 53.4 Å². The fourth-order valence-electron chi connectivity index (χ4n) is 6.68. The van der Waals surface area contributed by atoms with Crippen LogP contribution in [0.2, 0.25) is 0 Å². The van der Waals surface area contributed by atoms with Gasteiger partial charge in [-0.1, -0.05) is 13.8 Å². The fraction of sp³-hybridized carbons (Fsp3) is 0.364. The van der Waals surface area contributed by atoms with Gasteiger partial charge >= 0.3 is 5.97 Å². The Morgan fingerprint density at radius 1 is 1.10 bits per heavy atom. The third-order valence-electron chi connectivity index (χ3n) is 9.10. The number of ether oxygens (including phenoxy) is 1. The van der Waals surface area contributed by atoms with E-state index in [1.807, 2.05) is 32.9 Å². The molecular formula is C33H34N4O5. The first-order valence-electron chi connectivity index (χ1n) is 14.3. The first-order valence-corrected chi connectivity index (χ1v) is 14.3. The van der Waals surface area contributed by atoms with Gasteiger partial charge in [-0.3, -0.25) is 9.59 Å². The molecule has 2 atom stereocenters. The molecule has 5 aliphatic heterocycles. The topological polar surface area (TPSA) is 133 Å². The molecule has 0 unspecified atom stereocenters. The second-order valence-electron chi connectivity index (χ2n) is 11.3. The summed E-state index contributed by atoms with van der Waals surface area (Å²) in [5, 5.41) is 24.1. The monoisotopic (exact) mass is 566 g/mol. The van der Waals surface area contributed by atoms with Gasteiger partial charge in [0, 0.05) is 58.4 Å². The number of hydrogen-bond donors (Lipinski definition) is 3. The number of allylic oxidation sites excluding steroid dienone is 11. The highest BCUT2D eigenvalue weighted by atomic mass is 16.5. The van der Waals surface area contributed by atoms with Crippen molar-refractivity contribution >= 4 is 28.9 Å². The van der Waals surface area contributed by atoms with Crippen LogP contribution in [0, 0.1) is 11.8 Å². The van der Waals surface area contributed by atoms with E-state index in [9.17, 15) is 19.8 Å². The van der Waals surface area contributed by atoms with Crippen LogP contribution < -0.4 is 5.32 Å². The number of esters is 1. The van der Waals surface area contributed by atoms with E-state index in [4.69, 9.17) is 19.7 Å². The molecule has 9 nitrogen and oxygen atoms in total. The third kappa shape index (κ3) is 4.22. The van der Waals surface area contributed by atoms with Crippen molar-refractivity contribution < 1.29 is 24.5 Å². The highest BCUT2D eigenvalue weighted by Crippen LogP contribution is 2.45. The van der Waals surface area contributed by atoms with Gasteiger partial charge in [-0.2, -0.15) is 0 Å². The van der Waals surface area contributed by atoms with Crippen molar-refractivity contribution in [1.82, 2.24) is 5.32 Å². The summed E-state index contributed by atoms with van der Waals surface area (Å²) in [6.45, 7) is 7.74. The van der Waals surface area contributed by atoms with Gasteiger partial charge in [0.25, 0.3) is 0 Å². The predicted molar refractivity (Wildman–Crippen MR) is 161 cm³/mol. The van der Waals surface area contributed by atoms with Crippen molar-refractivity contribution in [3.8, 4) is 0 Å². The summed E-state index contributed by atoms with van der Waals surface area (Å²) in [5.74, 6) is -0.321. The highest BCUT2D eigenvalue weighted by Gasteiger charge is 2.43. The lowest BCUT2D eigenvalue weighted by Crippen LogP contribution is -2.15. The first kappa shape index (κ1) is 27.8. The Hall–Kier alpha value is -4.37. The SMILES string of the molecule is CCC1=C2C=C3N=C4C(=C5NC(=CC6=NC(=CC(=N2)/C1=C\O)C(CO)=C6C)[C@@H](C)[C@@H]5CCC(=O)OC)CC(=O)C4=C3C. The Labute approximate surface area is 244 Å². The van der Waals surface area contributed by atoms with E-state index in [2.05, 4.69) is 12.2 Å². The summed E-state index contributed by atoms with van der Waals surface area (Å²) in [4.78, 5) is 40.3. The van der Waals surface area contributed by atoms with Crippen molar-refractivity contribution in [1.29, 1.82) is 0 Å². The van der Waals surface area contributed by atoms with Crippen LogP contribution in [-0.4, -0.2) is 52.8 Å². The van der Waals surface area contributed by atoms with Gasteiger partial charge in [0.15, 0.2) is 5.78 Å². The molecule has 216 valence electrons. The molecule has 0 spiro atoms. The molecule has 42 heavy (non-hydrogen) atoms. The molecule has 8 bridgehead atoms. The van der Waals surface area contributed by atoms with E-state index in [0.29, 0.717) is 63.8 Å². The van der Waals surface area contributed by atoms with Gasteiger partial charge in [-0.05, 0) is 61.6 Å². The Balaban J connectivity index is 1.61. The molecule has 3 N–H and O–H groups in total. The van der Waals surface area contributed by atoms with Gasteiger partial charge in [0.1, 0.15) is 0 Å². The molecule has 1 saturated carbocycles. The number of methoxy groups -OCH3 is 1. The minimum absolute atomic E-state index is 0.00299. The van der Waals surface area contributed by atoms with Gasteiger partial charge in [0.2, 0.25) is 0 Å². The summed E-state index contributed by atoms with van der Waals surface area (Å²) in [7, 11) is 1.39. The lowest BCUT2D eigenvalue weighted by Gasteiger charge is -2.17. The molecule has 0 aromatic rings. The van der Waals surface area contributed by atoms with Gasteiger partial charge in [0.05, 0.1) is 54.2 Å². The lowest BCUT2D eigenvalue weighted by atomic mass is 9.86. The summed E-state index contributed by atoms with van der Waals surface area (Å²) < 4.78 is 4.94. The Kier molecular flexibility index (Phi) is 6.93. The van der Waals surface area contributed by atoms with Gasteiger partial charge < -0.3 is 20.3 Å². The van der Waals surface area contributed by atoms with Crippen LogP contribution in [0.25, 0.3) is 0 Å². The van der Waals surface area contributed by atoms with E-state index < -0.39 is 0 Å². The number of aliphatic hydroxyl groups excluding tert-OH is 2. The molecule has 0 aromatic carbocycles. The number of nitrogens with one attached hydrogen (secondary N) is 1. The maximum atomic E-state index is 13.4. The van der Waals surface area contributed by atoms with E-state index in [0.717, 1.165) is 39.9 Å². The van der Waals surface area contributed by atoms with Crippen LogP contribution in [0.15, 0.2) is 107 Å². The summed E-state index contributed by atoms with van der Waals surface area (Å²) >= 11 is 0. The van der Waals surface area contributed by atoms with Crippen LogP contribution in [0.5, 0.6) is 0 Å². The third-order valence-corrected chi connectivity index (χ3v) is 9.10. The Morgan fingerprint density at radius 3 is 2.57 bits per heavy atom. The molecule has 2 fully saturated rings. The summed E-state index contributed by atoms with van der Waals surface area (Å²) in [6, 6.07) is 0. The number of ketones is 1. The number of hydrogen-bond acceptors (Lipinski definition) is 9. The van der Waals surface area contributed by atoms with Crippen LogP contribution in [-0.2, 0) is 14.3 Å². The van der Waals surface area contributed by atoms with Crippen molar-refractivity contribution in [3.05, 3.63) is 92.0 Å². The highest BCUT2D eigenvalue weighted by molar-refractivity contribution is 6.38. The molecule has 6 rings (SSSR count). The quantitative estimate of drug-likeness (QED) is 0.324. The zero-order chi connectivity index (χ0) is 29.9. The van der Waals surface area contributed by atoms with Crippen molar-refractivity contribution in [2.75, 3.05) is 13.7 Å². The Morgan fingerprint density at radius 2 is 1.88 bits per heavy atom. The molecular weight excluding hydrogens is 532 g/mol. The molecule has 6 aliphatic rings. The van der Waals surface area contributed by atoms with Gasteiger partial charge in [-0.25, -0.2) is 15.0 Å². The number of aliphatic imine (C=N–C) groups is 3. The predicted octanol–water partition coefficient (Wildman–Crippen LogP) is 4.78. The number of nitrogens with zero attached hydrogens (tertiary/aromatic N) is 3. The van der Waals surface area contributed by atoms with Crippen LogP contribution in [0.3, 0.4) is 0 Å². The van der Waals surface area contributed by atoms with Gasteiger partial charge in [-0.15, -0.1) is 0 Å². The number of Topliss-reactive ketones (excluding diaryl/α,β-unsaturated/α-hetero) is 1. The minimum atomic E-state index is -0.279. The normalized spacial score (nSPS) is 25.7. The molecule has 1 saturated heterocycles. The Bertz CT molecular complexity index is 1700. The first-order chi connectivity index (χ1) is 20.2. The van der Waals surface area contributed by atoms with Crippen molar-refractivity contribution in [2.24, 2.45) is 26.8 Å². The maximum absolute atomic E-state index is 13.4. The van der Waals surface area contributed by atoms with E-state index in [1.165, 1.54) is 7.11 Å². The lowest BCUT2D eigenvalue weighted by molar-refractivity contribution is -0.140. The molecule has 0 amide bonds. The molecule has 9 heteroatoms. The zero-order valence-corrected chi connectivity index (χ0v) is 24.5. The number of rotatable bonds is 5. The second kappa shape index (κ2) is 10.5. The van der Waals surface area contributed by atoms with E-state index >= 15 is 0 Å². The standard InChI is InChI=1S/C33H34N4O5/c1-6-18-22(14-39)28-12-27-21(13-38)16(3)23(34-27)10-24-15(2)19(7-8-30(41)42-5)32(36-24)20-9-29(40)31-17(4)25(37-33(20)31)11-26(18)35-28/h10-12,14-15,19,36,38-39H,6-9,13H2,1-5H3/b22-14-,24-10?,25-11?,27-12?,32-20?/t15-,19-/m0/s1. The second-order valence-corrected chi connectivity index (χ2v) is 11.3. The average Bonchev–Trinajstić information content (AvgIpc) is 3.73. The van der Waals surface area contributed by atoms with Crippen molar-refractivity contribution in [3.63, 3.8) is 0 Å². The molecule has 0 radical (unpaired) electrons. The molecule has 0 aromatic heterocycles. The van der Waals surface area contributed by atoms with Crippen LogP contribution in [0.4, 0.5) is 0 Å². The number of carbonyl (C=O) groups excluding carboxylic acids is 2. The molecule has 5 heterocycles. The number of carbonyl (C=O) groups is 2. The largest absolute Gasteiger partial charge is 0.515 e. The average molecular weight is 567 g/mol. The van der Waals surface area contributed by atoms with Crippen LogP contribution >= 0.6 is 0 Å². The van der Waals surface area contributed by atoms with E-state index in [-0.39, 0.29) is 43.0 Å². The number of aliphatic hydroxyl groups is 2. The summed E-state index contributed by atoms with van der Waals surface area (Å²) in [6.07, 6.45) is 8.39. The maximum Gasteiger partial charge on any atom is 0.305 e. The summed E-state index contributed by atoms with van der Waals surface area (Å²) in [5.41, 5.74) is 10.9. The smallest absolute Gasteiger partial charge is 0.305 e. The fourth-order valence-corrected chi connectivity index (χ4v) is 6.68.